The summed E-state index contributed by atoms with van der Waals surface area (Å²) >= 11 is 10.4. The van der Waals surface area contributed by atoms with Crippen molar-refractivity contribution in [3.8, 4) is 0 Å². The molecule has 3 heteroatoms. The highest BCUT2D eigenvalue weighted by Gasteiger charge is 1.87. The molecule has 0 saturated carbocycles. The SMILES string of the molecule is CC(=O)CC=C(Cl)Cl. The summed E-state index contributed by atoms with van der Waals surface area (Å²) in [5.74, 6) is 0.0591. The average Bonchev–Trinajstić information content (AvgIpc) is 1.61. The summed E-state index contributed by atoms with van der Waals surface area (Å²) < 4.78 is 0.153. The molecule has 8 heavy (non-hydrogen) atoms. The molecular weight excluding hydrogens is 147 g/mol. The van der Waals surface area contributed by atoms with Gasteiger partial charge >= 0.3 is 0 Å². The number of carbonyl (C=O) groups is 1. The lowest BCUT2D eigenvalue weighted by atomic mass is 10.3. The molecular formula is C5H6Cl2O. The van der Waals surface area contributed by atoms with Crippen LogP contribution in [0.5, 0.6) is 0 Å². The molecule has 0 saturated heterocycles. The maximum atomic E-state index is 10.2. The highest BCUT2D eigenvalue weighted by atomic mass is 35.5. The maximum absolute atomic E-state index is 10.2. The summed E-state index contributed by atoms with van der Waals surface area (Å²) in [5, 5.41) is 0. The maximum Gasteiger partial charge on any atom is 0.133 e. The van der Waals surface area contributed by atoms with Gasteiger partial charge in [-0.25, -0.2) is 0 Å². The minimum atomic E-state index is 0.0591. The van der Waals surface area contributed by atoms with Crippen LogP contribution in [0.1, 0.15) is 13.3 Å². The van der Waals surface area contributed by atoms with Gasteiger partial charge in [0.25, 0.3) is 0 Å². The summed E-state index contributed by atoms with van der Waals surface area (Å²) in [6, 6.07) is 0. The Hall–Kier alpha value is -0.0100. The van der Waals surface area contributed by atoms with Crippen molar-refractivity contribution in [2.75, 3.05) is 0 Å². The Balaban J connectivity index is 3.45. The second kappa shape index (κ2) is 3.93. The first-order chi connectivity index (χ1) is 3.63. The lowest BCUT2D eigenvalue weighted by Crippen LogP contribution is -1.83. The topological polar surface area (TPSA) is 17.1 Å². The first-order valence-electron chi connectivity index (χ1n) is 2.13. The molecule has 0 aliphatic rings. The quantitative estimate of drug-likeness (QED) is 0.594. The molecule has 0 aliphatic carbocycles. The van der Waals surface area contributed by atoms with E-state index in [9.17, 15) is 4.79 Å². The molecule has 0 atom stereocenters. The minimum Gasteiger partial charge on any atom is -0.300 e. The molecule has 0 aromatic heterocycles. The number of halogens is 2. The molecule has 0 radical (unpaired) electrons. The highest BCUT2D eigenvalue weighted by Crippen LogP contribution is 2.06. The second-order valence-electron chi connectivity index (χ2n) is 1.40. The van der Waals surface area contributed by atoms with E-state index >= 15 is 0 Å². The molecule has 1 nitrogen and oxygen atoms in total. The van der Waals surface area contributed by atoms with Crippen LogP contribution in [0.3, 0.4) is 0 Å². The first kappa shape index (κ1) is 7.99. The predicted octanol–water partition coefficient (Wildman–Crippen LogP) is 2.28. The van der Waals surface area contributed by atoms with E-state index in [0.717, 1.165) is 0 Å². The molecule has 0 rings (SSSR count). The Morgan fingerprint density at radius 3 is 2.25 bits per heavy atom. The summed E-state index contributed by atoms with van der Waals surface area (Å²) in [7, 11) is 0. The lowest BCUT2D eigenvalue weighted by molar-refractivity contribution is -0.116. The Morgan fingerprint density at radius 2 is 2.12 bits per heavy atom. The Labute approximate surface area is 58.3 Å². The standard InChI is InChI=1S/C5H6Cl2O/c1-4(8)2-3-5(6)7/h3H,2H2,1H3. The van der Waals surface area contributed by atoms with E-state index in [1.807, 2.05) is 0 Å². The molecule has 46 valence electrons. The third-order valence-corrected chi connectivity index (χ3v) is 0.852. The zero-order valence-corrected chi connectivity index (χ0v) is 5.96. The van der Waals surface area contributed by atoms with E-state index in [1.54, 1.807) is 0 Å². The number of hydrogen-bond acceptors (Lipinski definition) is 1. The van der Waals surface area contributed by atoms with Gasteiger partial charge in [-0.2, -0.15) is 0 Å². The van der Waals surface area contributed by atoms with Crippen LogP contribution in [0.15, 0.2) is 10.6 Å². The zero-order chi connectivity index (χ0) is 6.57. The number of ketones is 1. The zero-order valence-electron chi connectivity index (χ0n) is 4.45. The van der Waals surface area contributed by atoms with Gasteiger partial charge in [-0.15, -0.1) is 0 Å². The summed E-state index contributed by atoms with van der Waals surface area (Å²) in [6.07, 6.45) is 1.79. The van der Waals surface area contributed by atoms with E-state index in [4.69, 9.17) is 23.2 Å². The van der Waals surface area contributed by atoms with Crippen molar-refractivity contribution < 1.29 is 4.79 Å². The Bertz CT molecular complexity index is 114. The molecule has 0 N–H and O–H groups in total. The molecule has 0 fully saturated rings. The van der Waals surface area contributed by atoms with Gasteiger partial charge < -0.3 is 0 Å². The van der Waals surface area contributed by atoms with Crippen LogP contribution in [0, 0.1) is 0 Å². The van der Waals surface area contributed by atoms with Crippen molar-refractivity contribution >= 4 is 29.0 Å². The van der Waals surface area contributed by atoms with Crippen molar-refractivity contribution in [1.29, 1.82) is 0 Å². The van der Waals surface area contributed by atoms with Gasteiger partial charge in [0, 0.05) is 6.42 Å². The summed E-state index contributed by atoms with van der Waals surface area (Å²) in [5.41, 5.74) is 0. The van der Waals surface area contributed by atoms with E-state index in [2.05, 4.69) is 0 Å². The van der Waals surface area contributed by atoms with Crippen LogP contribution < -0.4 is 0 Å². The van der Waals surface area contributed by atoms with Crippen molar-refractivity contribution in [3.05, 3.63) is 10.6 Å². The van der Waals surface area contributed by atoms with Crippen LogP contribution >= 0.6 is 23.2 Å². The summed E-state index contributed by atoms with van der Waals surface area (Å²) in [6.45, 7) is 1.48. The number of Topliss-reactive ketones (excluding diaryl/α,β-unsaturated/α-hetero) is 1. The third-order valence-electron chi connectivity index (χ3n) is 0.544. The van der Waals surface area contributed by atoms with Gasteiger partial charge in [0.1, 0.15) is 10.3 Å². The van der Waals surface area contributed by atoms with Gasteiger partial charge in [-0.05, 0) is 13.0 Å². The molecule has 0 heterocycles. The van der Waals surface area contributed by atoms with Crippen LogP contribution in [0.25, 0.3) is 0 Å². The van der Waals surface area contributed by atoms with E-state index in [0.29, 0.717) is 6.42 Å². The number of carbonyl (C=O) groups excluding carboxylic acids is 1. The largest absolute Gasteiger partial charge is 0.300 e. The number of hydrogen-bond donors (Lipinski definition) is 0. The first-order valence-corrected chi connectivity index (χ1v) is 2.89. The second-order valence-corrected chi connectivity index (χ2v) is 2.41. The van der Waals surface area contributed by atoms with Crippen LogP contribution in [0.4, 0.5) is 0 Å². The third kappa shape index (κ3) is 5.99. The van der Waals surface area contributed by atoms with Gasteiger partial charge in [0.2, 0.25) is 0 Å². The van der Waals surface area contributed by atoms with Crippen molar-refractivity contribution in [1.82, 2.24) is 0 Å². The average molecular weight is 153 g/mol. The molecule has 0 aromatic rings. The van der Waals surface area contributed by atoms with Crippen LogP contribution in [-0.2, 0) is 4.79 Å². The molecule has 0 spiro atoms. The van der Waals surface area contributed by atoms with Crippen molar-refractivity contribution in [3.63, 3.8) is 0 Å². The van der Waals surface area contributed by atoms with Gasteiger partial charge in [-0.3, -0.25) is 4.79 Å². The van der Waals surface area contributed by atoms with E-state index in [1.165, 1.54) is 13.0 Å². The van der Waals surface area contributed by atoms with Crippen molar-refractivity contribution in [2.45, 2.75) is 13.3 Å². The fourth-order valence-electron chi connectivity index (χ4n) is 0.221. The molecule has 0 aliphatic heterocycles. The predicted molar refractivity (Wildman–Crippen MR) is 35.1 cm³/mol. The Morgan fingerprint density at radius 1 is 1.62 bits per heavy atom. The van der Waals surface area contributed by atoms with Crippen LogP contribution in [-0.4, -0.2) is 5.78 Å². The van der Waals surface area contributed by atoms with E-state index < -0.39 is 0 Å². The Kier molecular flexibility index (Phi) is 3.92. The van der Waals surface area contributed by atoms with Gasteiger partial charge in [0.05, 0.1) is 0 Å². The number of rotatable bonds is 2. The summed E-state index contributed by atoms with van der Waals surface area (Å²) in [4.78, 5) is 10.2. The van der Waals surface area contributed by atoms with Crippen LogP contribution in [0.2, 0.25) is 0 Å². The molecule has 0 amide bonds. The normalized spacial score (nSPS) is 8.38. The number of allylic oxidation sites excluding steroid dienone is 1. The minimum absolute atomic E-state index is 0.0591. The molecule has 0 unspecified atom stereocenters. The fourth-order valence-corrected chi connectivity index (χ4v) is 0.375. The highest BCUT2D eigenvalue weighted by molar-refractivity contribution is 6.55. The van der Waals surface area contributed by atoms with Gasteiger partial charge in [-0.1, -0.05) is 23.2 Å². The smallest absolute Gasteiger partial charge is 0.133 e. The van der Waals surface area contributed by atoms with E-state index in [-0.39, 0.29) is 10.3 Å². The fraction of sp³-hybridized carbons (Fsp3) is 0.400. The van der Waals surface area contributed by atoms with Crippen molar-refractivity contribution in [2.24, 2.45) is 0 Å². The molecule has 0 bridgehead atoms. The molecule has 0 aromatic carbocycles. The van der Waals surface area contributed by atoms with Gasteiger partial charge in [0.15, 0.2) is 0 Å². The monoisotopic (exact) mass is 152 g/mol. The lowest BCUT2D eigenvalue weighted by Gasteiger charge is -1.81.